The molecule has 0 aliphatic heterocycles. The van der Waals surface area contributed by atoms with Crippen molar-refractivity contribution in [1.82, 2.24) is 10.6 Å². The van der Waals surface area contributed by atoms with E-state index in [2.05, 4.69) is 10.6 Å². The number of nitriles is 1. The van der Waals surface area contributed by atoms with Crippen molar-refractivity contribution < 1.29 is 4.79 Å². The highest BCUT2D eigenvalue weighted by molar-refractivity contribution is 5.97. The van der Waals surface area contributed by atoms with Gasteiger partial charge in [-0.1, -0.05) is 37.3 Å². The molecule has 0 heterocycles. The maximum Gasteiger partial charge on any atom is 0.263 e. The Labute approximate surface area is 114 Å². The van der Waals surface area contributed by atoms with Gasteiger partial charge in [-0.15, -0.1) is 0 Å². The van der Waals surface area contributed by atoms with Crippen LogP contribution in [0.25, 0.3) is 0 Å². The predicted octanol–water partition coefficient (Wildman–Crippen LogP) is 2.27. The number of carbonyl (C=O) groups excluding carboxylic acids is 1. The minimum absolute atomic E-state index is 0.0937. The molecule has 0 spiro atoms. The summed E-state index contributed by atoms with van der Waals surface area (Å²) in [5.41, 5.74) is 1.10. The third kappa shape index (κ3) is 4.84. The van der Waals surface area contributed by atoms with E-state index in [1.54, 1.807) is 0 Å². The average Bonchev–Trinajstić information content (AvgIpc) is 2.44. The molecule has 0 aliphatic rings. The van der Waals surface area contributed by atoms with Gasteiger partial charge < -0.3 is 10.6 Å². The van der Waals surface area contributed by atoms with Gasteiger partial charge in [-0.2, -0.15) is 5.26 Å². The van der Waals surface area contributed by atoms with Crippen LogP contribution in [0.3, 0.4) is 0 Å². The zero-order chi connectivity index (χ0) is 14.1. The summed E-state index contributed by atoms with van der Waals surface area (Å²) in [4.78, 5) is 11.9. The zero-order valence-corrected chi connectivity index (χ0v) is 11.3. The van der Waals surface area contributed by atoms with E-state index < -0.39 is 0 Å². The van der Waals surface area contributed by atoms with E-state index in [0.29, 0.717) is 0 Å². The van der Waals surface area contributed by atoms with Gasteiger partial charge in [-0.3, -0.25) is 4.79 Å². The maximum absolute atomic E-state index is 11.9. The second kappa shape index (κ2) is 7.93. The van der Waals surface area contributed by atoms with Crippen molar-refractivity contribution in [3.63, 3.8) is 0 Å². The molecule has 2 N–H and O–H groups in total. The lowest BCUT2D eigenvalue weighted by atomic mass is 10.1. The Kier molecular flexibility index (Phi) is 6.17. The molecule has 1 rings (SSSR count). The predicted molar refractivity (Wildman–Crippen MR) is 75.0 cm³/mol. The number of nitrogens with zero attached hydrogens (tertiary/aromatic N) is 1. The van der Waals surface area contributed by atoms with Gasteiger partial charge in [0.1, 0.15) is 11.6 Å². The summed E-state index contributed by atoms with van der Waals surface area (Å²) < 4.78 is 0. The molecule has 0 fully saturated rings. The van der Waals surface area contributed by atoms with Gasteiger partial charge in [0, 0.05) is 12.7 Å². The fourth-order valence-corrected chi connectivity index (χ4v) is 1.57. The van der Waals surface area contributed by atoms with E-state index in [1.807, 2.05) is 50.2 Å². The van der Waals surface area contributed by atoms with Crippen LogP contribution in [0, 0.1) is 11.3 Å². The average molecular weight is 257 g/mol. The normalized spacial score (nSPS) is 12.4. The van der Waals surface area contributed by atoms with Crippen LogP contribution in [0.1, 0.15) is 31.9 Å². The summed E-state index contributed by atoms with van der Waals surface area (Å²) in [5.74, 6) is -0.359. The number of amides is 1. The van der Waals surface area contributed by atoms with Crippen LogP contribution in [-0.2, 0) is 4.79 Å². The Morgan fingerprint density at radius 2 is 2.11 bits per heavy atom. The van der Waals surface area contributed by atoms with Gasteiger partial charge in [0.2, 0.25) is 0 Å². The van der Waals surface area contributed by atoms with Crippen molar-refractivity contribution in [2.24, 2.45) is 0 Å². The van der Waals surface area contributed by atoms with Gasteiger partial charge in [-0.25, -0.2) is 0 Å². The first-order valence-electron chi connectivity index (χ1n) is 6.38. The third-order valence-corrected chi connectivity index (χ3v) is 2.65. The van der Waals surface area contributed by atoms with Crippen molar-refractivity contribution >= 4 is 5.91 Å². The SMILES string of the molecule is CCCN/C=C(/C#N)C(=O)NC(C)c1ccccc1. The number of hydrogen-bond donors (Lipinski definition) is 2. The molecule has 100 valence electrons. The van der Waals surface area contributed by atoms with Crippen molar-refractivity contribution in [3.8, 4) is 6.07 Å². The summed E-state index contributed by atoms with van der Waals surface area (Å²) in [6, 6.07) is 11.4. The van der Waals surface area contributed by atoms with Gasteiger partial charge in [0.15, 0.2) is 0 Å². The summed E-state index contributed by atoms with van der Waals surface area (Å²) in [5, 5.41) is 14.7. The Bertz CT molecular complexity index is 474. The second-order valence-electron chi connectivity index (χ2n) is 4.23. The van der Waals surface area contributed by atoms with Gasteiger partial charge >= 0.3 is 0 Å². The second-order valence-corrected chi connectivity index (χ2v) is 4.23. The Hall–Kier alpha value is -2.28. The summed E-state index contributed by atoms with van der Waals surface area (Å²) in [7, 11) is 0. The number of nitrogens with one attached hydrogen (secondary N) is 2. The number of carbonyl (C=O) groups is 1. The smallest absolute Gasteiger partial charge is 0.263 e. The molecule has 0 bridgehead atoms. The minimum Gasteiger partial charge on any atom is -0.390 e. The van der Waals surface area contributed by atoms with Crippen molar-refractivity contribution in [2.75, 3.05) is 6.54 Å². The molecule has 1 amide bonds. The summed E-state index contributed by atoms with van der Waals surface area (Å²) in [6.07, 6.45) is 2.41. The molecule has 0 radical (unpaired) electrons. The highest BCUT2D eigenvalue weighted by atomic mass is 16.1. The van der Waals surface area contributed by atoms with Crippen LogP contribution in [0.15, 0.2) is 42.1 Å². The summed E-state index contributed by atoms with van der Waals surface area (Å²) >= 11 is 0. The van der Waals surface area contributed by atoms with Crippen LogP contribution in [0.4, 0.5) is 0 Å². The number of rotatable bonds is 6. The monoisotopic (exact) mass is 257 g/mol. The molecule has 4 heteroatoms. The molecule has 4 nitrogen and oxygen atoms in total. The molecule has 1 aromatic carbocycles. The maximum atomic E-state index is 11.9. The van der Waals surface area contributed by atoms with Gasteiger partial charge in [0.25, 0.3) is 5.91 Å². The van der Waals surface area contributed by atoms with E-state index in [9.17, 15) is 4.79 Å². The molecule has 0 saturated carbocycles. The molecular formula is C15H19N3O. The Morgan fingerprint density at radius 3 is 2.68 bits per heavy atom. The molecule has 19 heavy (non-hydrogen) atoms. The van der Waals surface area contributed by atoms with E-state index >= 15 is 0 Å². The zero-order valence-electron chi connectivity index (χ0n) is 11.3. The number of benzene rings is 1. The van der Waals surface area contributed by atoms with Gasteiger partial charge in [0.05, 0.1) is 6.04 Å². The van der Waals surface area contributed by atoms with Crippen LogP contribution in [0.5, 0.6) is 0 Å². The van der Waals surface area contributed by atoms with Crippen LogP contribution < -0.4 is 10.6 Å². The van der Waals surface area contributed by atoms with Crippen LogP contribution >= 0.6 is 0 Å². The first kappa shape index (κ1) is 14.8. The van der Waals surface area contributed by atoms with E-state index in [4.69, 9.17) is 5.26 Å². The van der Waals surface area contributed by atoms with Crippen molar-refractivity contribution in [3.05, 3.63) is 47.7 Å². The lowest BCUT2D eigenvalue weighted by Gasteiger charge is -2.13. The fraction of sp³-hybridized carbons (Fsp3) is 0.333. The van der Waals surface area contributed by atoms with E-state index in [-0.39, 0.29) is 17.5 Å². The topological polar surface area (TPSA) is 64.9 Å². The first-order chi connectivity index (χ1) is 9.19. The highest BCUT2D eigenvalue weighted by Crippen LogP contribution is 2.11. The van der Waals surface area contributed by atoms with E-state index in [0.717, 1.165) is 18.5 Å². The van der Waals surface area contributed by atoms with Crippen LogP contribution in [0.2, 0.25) is 0 Å². The lowest BCUT2D eigenvalue weighted by molar-refractivity contribution is -0.117. The fourth-order valence-electron chi connectivity index (χ4n) is 1.57. The minimum atomic E-state index is -0.359. The highest BCUT2D eigenvalue weighted by Gasteiger charge is 2.13. The molecule has 1 aromatic rings. The van der Waals surface area contributed by atoms with E-state index in [1.165, 1.54) is 6.20 Å². The molecular weight excluding hydrogens is 238 g/mol. The third-order valence-electron chi connectivity index (χ3n) is 2.65. The quantitative estimate of drug-likeness (QED) is 0.467. The lowest BCUT2D eigenvalue weighted by Crippen LogP contribution is -2.28. The van der Waals surface area contributed by atoms with Gasteiger partial charge in [-0.05, 0) is 18.9 Å². The molecule has 0 saturated heterocycles. The molecule has 1 unspecified atom stereocenters. The van der Waals surface area contributed by atoms with Crippen molar-refractivity contribution in [2.45, 2.75) is 26.3 Å². The summed E-state index contributed by atoms with van der Waals surface area (Å²) in [6.45, 7) is 4.65. The first-order valence-corrected chi connectivity index (χ1v) is 6.38. The van der Waals surface area contributed by atoms with Crippen LogP contribution in [-0.4, -0.2) is 12.5 Å². The molecule has 1 atom stereocenters. The standard InChI is InChI=1S/C15H19N3O/c1-3-9-17-11-14(10-16)15(19)18-12(2)13-7-5-4-6-8-13/h4-8,11-12,17H,3,9H2,1-2H3,(H,18,19)/b14-11-. The largest absolute Gasteiger partial charge is 0.390 e. The molecule has 0 aromatic heterocycles. The Balaban J connectivity index is 2.63. The van der Waals surface area contributed by atoms with Crippen molar-refractivity contribution in [1.29, 1.82) is 5.26 Å². The number of hydrogen-bond acceptors (Lipinski definition) is 3. The Morgan fingerprint density at radius 1 is 1.42 bits per heavy atom. The molecule has 0 aliphatic carbocycles.